The van der Waals surface area contributed by atoms with Crippen molar-refractivity contribution in [3.63, 3.8) is 0 Å². The van der Waals surface area contributed by atoms with Gasteiger partial charge in [0.2, 0.25) is 19.5 Å². The Hall–Kier alpha value is -4.51. The topological polar surface area (TPSA) is 167 Å². The van der Waals surface area contributed by atoms with E-state index in [0.29, 0.717) is 5.56 Å². The number of carboxylic acids is 1. The highest BCUT2D eigenvalue weighted by molar-refractivity contribution is 7.52. The number of aliphatic carboxylic acids is 1. The quantitative estimate of drug-likeness (QED) is 0.101. The van der Waals surface area contributed by atoms with Gasteiger partial charge in [0, 0.05) is 13.5 Å². The van der Waals surface area contributed by atoms with Crippen molar-refractivity contribution in [1.82, 2.24) is 4.90 Å². The monoisotopic (exact) mass is 569 g/mol. The van der Waals surface area contributed by atoms with E-state index in [1.54, 1.807) is 66.7 Å². The first kappa shape index (κ1) is 30.0. The Bertz CT molecular complexity index is 1290. The molecule has 0 radical (unpaired) electrons. The summed E-state index contributed by atoms with van der Waals surface area (Å²) in [6, 6.07) is 23.6. The molecule has 0 aliphatic carbocycles. The minimum absolute atomic E-state index is 0.0539. The summed E-state index contributed by atoms with van der Waals surface area (Å²) in [6.07, 6.45) is 0.0539. The minimum atomic E-state index is -4.60. The fourth-order valence-corrected chi connectivity index (χ4v) is 4.24. The molecule has 0 aliphatic heterocycles. The van der Waals surface area contributed by atoms with Gasteiger partial charge in [0.15, 0.2) is 0 Å². The lowest BCUT2D eigenvalue weighted by molar-refractivity contribution is -0.141. The number of likely N-dealkylation sites (N-methyl/N-ethyl adjacent to an activating group) is 1. The van der Waals surface area contributed by atoms with E-state index in [1.165, 1.54) is 31.3 Å². The Labute approximate surface area is 230 Å². The van der Waals surface area contributed by atoms with Gasteiger partial charge in [0.05, 0.1) is 11.1 Å². The van der Waals surface area contributed by atoms with Crippen molar-refractivity contribution in [1.29, 1.82) is 0 Å². The molecule has 0 aromatic heterocycles. The van der Waals surface area contributed by atoms with Crippen LogP contribution in [0.1, 0.15) is 26.3 Å². The molecule has 12 nitrogen and oxygen atoms in total. The summed E-state index contributed by atoms with van der Waals surface area (Å²) < 4.78 is 37.5. The first-order valence-electron chi connectivity index (χ1n) is 11.9. The van der Waals surface area contributed by atoms with Gasteiger partial charge >= 0.3 is 25.7 Å². The minimum Gasteiger partial charge on any atom is -0.480 e. The summed E-state index contributed by atoms with van der Waals surface area (Å²) in [6.45, 7) is -1.71. The zero-order valence-electron chi connectivity index (χ0n) is 21.5. The molecule has 1 atom stereocenters. The fourth-order valence-electron chi connectivity index (χ4n) is 3.29. The van der Waals surface area contributed by atoms with E-state index in [1.807, 2.05) is 0 Å². The molecule has 0 fully saturated rings. The fraction of sp³-hybridized carbons (Fsp3) is 0.185. The van der Waals surface area contributed by atoms with Crippen LogP contribution in [0.5, 0.6) is 0 Å². The van der Waals surface area contributed by atoms with Crippen LogP contribution in [0.25, 0.3) is 0 Å². The molecule has 210 valence electrons. The average Bonchev–Trinajstić information content (AvgIpc) is 2.96. The van der Waals surface area contributed by atoms with Crippen LogP contribution in [-0.4, -0.2) is 60.5 Å². The van der Waals surface area contributed by atoms with E-state index in [4.69, 9.17) is 24.3 Å². The zero-order chi connectivity index (χ0) is 29.0. The molecular formula is C27H28N3O9P. The standard InChI is InChI=1S/C27H28N3O9P/c1-30(23(24(31)32)17-20-11-5-2-6-12-20)27(28)29-40(35,38-18-36-25(33)21-13-7-3-8-14-21)39-19-37-26(34)22-15-9-4-10-16-22/h2-16,23H,17-19H2,1H3,(H,31,32)(H2,28,29,35). The second-order valence-electron chi connectivity index (χ2n) is 8.17. The number of benzene rings is 3. The number of guanidine groups is 1. The number of hydrogen-bond acceptors (Lipinski definition) is 8. The molecule has 3 aromatic carbocycles. The van der Waals surface area contributed by atoms with Gasteiger partial charge in [-0.05, 0) is 29.8 Å². The summed E-state index contributed by atoms with van der Waals surface area (Å²) >= 11 is 0. The van der Waals surface area contributed by atoms with E-state index in [-0.39, 0.29) is 17.5 Å². The Morgan fingerprint density at radius 1 is 0.825 bits per heavy atom. The maximum Gasteiger partial charge on any atom is 0.462 e. The van der Waals surface area contributed by atoms with Crippen molar-refractivity contribution < 1.29 is 42.6 Å². The highest BCUT2D eigenvalue weighted by Gasteiger charge is 2.31. The molecule has 13 heteroatoms. The van der Waals surface area contributed by atoms with Gasteiger partial charge in [0.1, 0.15) is 6.04 Å². The smallest absolute Gasteiger partial charge is 0.462 e. The van der Waals surface area contributed by atoms with Crippen LogP contribution in [0.15, 0.2) is 95.8 Å². The number of carboxylic acid groups (broad SMARTS) is 1. The second kappa shape index (κ2) is 14.6. The maximum atomic E-state index is 13.4. The maximum absolute atomic E-state index is 13.4. The molecule has 3 N–H and O–H groups in total. The summed E-state index contributed by atoms with van der Waals surface area (Å²) in [4.78, 5) is 37.5. The van der Waals surface area contributed by atoms with Gasteiger partial charge in [-0.25, -0.2) is 18.9 Å². The highest BCUT2D eigenvalue weighted by Crippen LogP contribution is 2.50. The van der Waals surface area contributed by atoms with Crippen LogP contribution in [0.3, 0.4) is 0 Å². The number of hydrogen-bond donors (Lipinski definition) is 2. The van der Waals surface area contributed by atoms with E-state index in [0.717, 1.165) is 4.90 Å². The zero-order valence-corrected chi connectivity index (χ0v) is 22.4. The third-order valence-corrected chi connectivity index (χ3v) is 6.75. The van der Waals surface area contributed by atoms with Gasteiger partial charge in [-0.1, -0.05) is 66.7 Å². The molecule has 0 aliphatic rings. The third kappa shape index (κ3) is 9.05. The van der Waals surface area contributed by atoms with E-state index < -0.39 is 51.2 Å². The van der Waals surface area contributed by atoms with Crippen LogP contribution in [0, 0.1) is 0 Å². The number of ether oxygens (including phenoxy) is 2. The first-order valence-corrected chi connectivity index (χ1v) is 13.4. The largest absolute Gasteiger partial charge is 0.480 e. The predicted octanol–water partition coefficient (Wildman–Crippen LogP) is 3.70. The molecule has 40 heavy (non-hydrogen) atoms. The number of carbonyl (C=O) groups is 3. The summed E-state index contributed by atoms with van der Waals surface area (Å²) in [5.41, 5.74) is 7.15. The molecule has 0 spiro atoms. The predicted molar refractivity (Wildman–Crippen MR) is 144 cm³/mol. The third-order valence-electron chi connectivity index (χ3n) is 5.44. The summed E-state index contributed by atoms with van der Waals surface area (Å²) in [5.74, 6) is -3.26. The van der Waals surface area contributed by atoms with Gasteiger partial charge in [-0.3, -0.25) is 9.05 Å². The van der Waals surface area contributed by atoms with Crippen molar-refractivity contribution in [3.8, 4) is 0 Å². The first-order chi connectivity index (χ1) is 19.2. The Morgan fingerprint density at radius 3 is 1.68 bits per heavy atom. The van der Waals surface area contributed by atoms with Crippen molar-refractivity contribution >= 4 is 31.6 Å². The van der Waals surface area contributed by atoms with Gasteiger partial charge in [-0.2, -0.15) is 0 Å². The van der Waals surface area contributed by atoms with Crippen molar-refractivity contribution in [2.24, 2.45) is 10.5 Å². The number of carbonyl (C=O) groups excluding carboxylic acids is 2. The molecule has 0 amide bonds. The van der Waals surface area contributed by atoms with Crippen LogP contribution in [0.4, 0.5) is 0 Å². The molecule has 0 saturated carbocycles. The lowest BCUT2D eigenvalue weighted by Gasteiger charge is -2.26. The second-order valence-corrected chi connectivity index (χ2v) is 9.82. The molecule has 1 unspecified atom stereocenters. The molecular weight excluding hydrogens is 541 g/mol. The summed E-state index contributed by atoms with van der Waals surface area (Å²) in [5, 5.41) is 9.77. The van der Waals surface area contributed by atoms with Gasteiger partial charge in [-0.15, -0.1) is 4.76 Å². The van der Waals surface area contributed by atoms with E-state index >= 15 is 0 Å². The van der Waals surface area contributed by atoms with Crippen LogP contribution in [0.2, 0.25) is 0 Å². The molecule has 0 saturated heterocycles. The number of esters is 2. The van der Waals surface area contributed by atoms with Crippen LogP contribution >= 0.6 is 7.75 Å². The Morgan fingerprint density at radius 2 is 1.25 bits per heavy atom. The summed E-state index contributed by atoms with van der Waals surface area (Å²) in [7, 11) is -3.26. The van der Waals surface area contributed by atoms with Crippen LogP contribution in [-0.2, 0) is 34.3 Å². The SMILES string of the molecule is CN(C(N)=NP(=O)(OCOC(=O)c1ccccc1)OCOC(=O)c1ccccc1)C(Cc1ccccc1)C(=O)O. The molecule has 3 aromatic rings. The number of nitrogens with zero attached hydrogens (tertiary/aromatic N) is 2. The van der Waals surface area contributed by atoms with Crippen molar-refractivity contribution in [3.05, 3.63) is 108 Å². The van der Waals surface area contributed by atoms with Crippen LogP contribution < -0.4 is 5.73 Å². The number of rotatable bonds is 13. The van der Waals surface area contributed by atoms with Crippen molar-refractivity contribution in [2.45, 2.75) is 12.5 Å². The molecule has 3 rings (SSSR count). The Kier molecular flexibility index (Phi) is 11.0. The number of nitrogens with two attached hydrogens (primary N) is 1. The van der Waals surface area contributed by atoms with Crippen molar-refractivity contribution in [2.75, 3.05) is 20.6 Å². The highest BCUT2D eigenvalue weighted by atomic mass is 31.2. The lowest BCUT2D eigenvalue weighted by atomic mass is 10.1. The average molecular weight is 570 g/mol. The Balaban J connectivity index is 1.74. The van der Waals surface area contributed by atoms with Gasteiger partial charge in [0.25, 0.3) is 0 Å². The normalized spacial score (nSPS) is 12.3. The van der Waals surface area contributed by atoms with E-state index in [9.17, 15) is 24.1 Å². The molecule has 0 heterocycles. The molecule has 0 bridgehead atoms. The van der Waals surface area contributed by atoms with E-state index in [2.05, 4.69) is 4.76 Å². The van der Waals surface area contributed by atoms with Gasteiger partial charge < -0.3 is 25.2 Å². The lowest BCUT2D eigenvalue weighted by Crippen LogP contribution is -2.47.